The number of hydrogen-bond acceptors (Lipinski definition) is 3. The van der Waals surface area contributed by atoms with Crippen LogP contribution in [0, 0.1) is 5.41 Å². The van der Waals surface area contributed by atoms with E-state index in [2.05, 4.69) is 17.2 Å². The lowest BCUT2D eigenvalue weighted by Crippen LogP contribution is -2.46. The summed E-state index contributed by atoms with van der Waals surface area (Å²) in [6.45, 7) is 5.24. The molecule has 2 N–H and O–H groups in total. The fraction of sp³-hybridized carbons (Fsp3) is 0.500. The van der Waals surface area contributed by atoms with Gasteiger partial charge in [0.05, 0.1) is 12.1 Å². The Hall–Kier alpha value is -1.85. The SMILES string of the molecule is C=CC1(CC(=O)N[C@@H]2Cc3ccccc3[C@H]2NC(=O)CCl)CCOCC1. The minimum Gasteiger partial charge on any atom is -0.381 e. The van der Waals surface area contributed by atoms with Gasteiger partial charge in [-0.25, -0.2) is 0 Å². The van der Waals surface area contributed by atoms with E-state index in [0.717, 1.165) is 24.0 Å². The summed E-state index contributed by atoms with van der Waals surface area (Å²) in [4.78, 5) is 24.6. The first-order valence-electron chi connectivity index (χ1n) is 9.01. The Morgan fingerprint density at radius 1 is 1.23 bits per heavy atom. The maximum Gasteiger partial charge on any atom is 0.235 e. The Labute approximate surface area is 159 Å². The summed E-state index contributed by atoms with van der Waals surface area (Å²) in [6.07, 6.45) is 4.59. The van der Waals surface area contributed by atoms with Crippen LogP contribution < -0.4 is 10.6 Å². The van der Waals surface area contributed by atoms with E-state index in [-0.39, 0.29) is 35.2 Å². The Balaban J connectivity index is 1.70. The van der Waals surface area contributed by atoms with Gasteiger partial charge in [0.1, 0.15) is 5.88 Å². The van der Waals surface area contributed by atoms with E-state index < -0.39 is 0 Å². The molecule has 2 aliphatic rings. The van der Waals surface area contributed by atoms with Crippen LogP contribution in [-0.4, -0.2) is 36.9 Å². The number of carbonyl (C=O) groups excluding carboxylic acids is 2. The van der Waals surface area contributed by atoms with Crippen molar-refractivity contribution in [1.82, 2.24) is 10.6 Å². The molecular weight excluding hydrogens is 352 g/mol. The van der Waals surface area contributed by atoms with Crippen molar-refractivity contribution in [3.8, 4) is 0 Å². The molecule has 0 unspecified atom stereocenters. The van der Waals surface area contributed by atoms with Crippen LogP contribution in [0.1, 0.15) is 36.4 Å². The molecule has 1 fully saturated rings. The number of rotatable bonds is 6. The normalized spacial score (nSPS) is 23.7. The second-order valence-electron chi connectivity index (χ2n) is 7.11. The number of benzene rings is 1. The predicted octanol–water partition coefficient (Wildman–Crippen LogP) is 2.50. The van der Waals surface area contributed by atoms with Crippen LogP contribution in [-0.2, 0) is 20.7 Å². The minimum absolute atomic E-state index is 0.0188. The fourth-order valence-corrected chi connectivity index (χ4v) is 4.01. The summed E-state index contributed by atoms with van der Waals surface area (Å²) >= 11 is 5.65. The first-order chi connectivity index (χ1) is 12.6. The van der Waals surface area contributed by atoms with E-state index in [1.807, 2.05) is 30.3 Å². The summed E-state index contributed by atoms with van der Waals surface area (Å²) in [6, 6.07) is 7.51. The van der Waals surface area contributed by atoms with Gasteiger partial charge in [-0.15, -0.1) is 18.2 Å². The lowest BCUT2D eigenvalue weighted by atomic mass is 9.77. The molecule has 0 saturated carbocycles. The van der Waals surface area contributed by atoms with Crippen molar-refractivity contribution in [3.63, 3.8) is 0 Å². The highest BCUT2D eigenvalue weighted by atomic mass is 35.5. The summed E-state index contributed by atoms with van der Waals surface area (Å²) in [5.74, 6) is -0.354. The topological polar surface area (TPSA) is 67.4 Å². The zero-order chi connectivity index (χ0) is 18.6. The third-order valence-corrected chi connectivity index (χ3v) is 5.69. The number of amides is 2. The van der Waals surface area contributed by atoms with Gasteiger partial charge in [-0.05, 0) is 30.4 Å². The minimum atomic E-state index is -0.254. The summed E-state index contributed by atoms with van der Waals surface area (Å²) in [5.41, 5.74) is 1.98. The van der Waals surface area contributed by atoms with Crippen LogP contribution in [0.2, 0.25) is 0 Å². The third kappa shape index (κ3) is 4.10. The van der Waals surface area contributed by atoms with Crippen LogP contribution in [0.25, 0.3) is 0 Å². The maximum absolute atomic E-state index is 12.7. The van der Waals surface area contributed by atoms with Gasteiger partial charge >= 0.3 is 0 Å². The second kappa shape index (κ2) is 8.23. The van der Waals surface area contributed by atoms with Gasteiger partial charge in [0.15, 0.2) is 0 Å². The number of nitrogens with one attached hydrogen (secondary N) is 2. The molecule has 1 aromatic rings. The van der Waals surface area contributed by atoms with Crippen LogP contribution in [0.4, 0.5) is 0 Å². The van der Waals surface area contributed by atoms with Gasteiger partial charge < -0.3 is 15.4 Å². The molecule has 1 aliphatic heterocycles. The summed E-state index contributed by atoms with van der Waals surface area (Å²) in [5, 5.41) is 6.07. The molecule has 2 amide bonds. The van der Waals surface area contributed by atoms with Gasteiger partial charge in [0.25, 0.3) is 0 Å². The van der Waals surface area contributed by atoms with Crippen molar-refractivity contribution >= 4 is 23.4 Å². The van der Waals surface area contributed by atoms with E-state index in [4.69, 9.17) is 16.3 Å². The second-order valence-corrected chi connectivity index (χ2v) is 7.38. The lowest BCUT2D eigenvalue weighted by molar-refractivity contribution is -0.125. The number of hydrogen-bond donors (Lipinski definition) is 2. The van der Waals surface area contributed by atoms with E-state index in [1.54, 1.807) is 0 Å². The Morgan fingerprint density at radius 3 is 2.65 bits per heavy atom. The molecule has 0 radical (unpaired) electrons. The van der Waals surface area contributed by atoms with Crippen molar-refractivity contribution < 1.29 is 14.3 Å². The van der Waals surface area contributed by atoms with E-state index in [9.17, 15) is 9.59 Å². The molecule has 1 saturated heterocycles. The molecule has 6 heteroatoms. The average molecular weight is 377 g/mol. The summed E-state index contributed by atoms with van der Waals surface area (Å²) < 4.78 is 5.42. The van der Waals surface area contributed by atoms with Crippen LogP contribution in [0.5, 0.6) is 0 Å². The Bertz CT molecular complexity index is 685. The standard InChI is InChI=1S/C20H25ClN2O3/c1-2-20(7-9-26-10-8-20)12-17(24)22-16-11-14-5-3-4-6-15(14)19(16)23-18(25)13-21/h2-6,16,19H,1,7-13H2,(H,22,24)(H,23,25)/t16-,19-/m1/s1. The third-order valence-electron chi connectivity index (χ3n) is 5.45. The number of fused-ring (bicyclic) bond motifs is 1. The first kappa shape index (κ1) is 18.9. The van der Waals surface area contributed by atoms with Gasteiger partial charge in [0.2, 0.25) is 11.8 Å². The number of halogens is 1. The number of allylic oxidation sites excluding steroid dienone is 1. The smallest absolute Gasteiger partial charge is 0.235 e. The molecule has 3 rings (SSSR count). The van der Waals surface area contributed by atoms with Crippen LogP contribution >= 0.6 is 11.6 Å². The zero-order valence-corrected chi connectivity index (χ0v) is 15.6. The van der Waals surface area contributed by atoms with E-state index in [0.29, 0.717) is 26.1 Å². The Morgan fingerprint density at radius 2 is 1.96 bits per heavy atom. The molecule has 1 aromatic carbocycles. The largest absolute Gasteiger partial charge is 0.381 e. The maximum atomic E-state index is 12.7. The van der Waals surface area contributed by atoms with Crippen molar-refractivity contribution in [1.29, 1.82) is 0 Å². The molecule has 140 valence electrons. The molecule has 26 heavy (non-hydrogen) atoms. The highest BCUT2D eigenvalue weighted by Gasteiger charge is 2.37. The van der Waals surface area contributed by atoms with Crippen molar-refractivity contribution in [2.45, 2.75) is 37.8 Å². The molecule has 5 nitrogen and oxygen atoms in total. The number of ether oxygens (including phenoxy) is 1. The van der Waals surface area contributed by atoms with Gasteiger partial charge in [0, 0.05) is 25.0 Å². The molecular formula is C20H25ClN2O3. The first-order valence-corrected chi connectivity index (χ1v) is 9.54. The fourth-order valence-electron chi connectivity index (χ4n) is 3.93. The molecule has 0 aromatic heterocycles. The highest BCUT2D eigenvalue weighted by molar-refractivity contribution is 6.27. The van der Waals surface area contributed by atoms with E-state index in [1.165, 1.54) is 0 Å². The number of carbonyl (C=O) groups is 2. The van der Waals surface area contributed by atoms with Crippen molar-refractivity contribution in [3.05, 3.63) is 48.0 Å². The van der Waals surface area contributed by atoms with Crippen LogP contribution in [0.3, 0.4) is 0 Å². The quantitative estimate of drug-likeness (QED) is 0.592. The predicted molar refractivity (Wildman–Crippen MR) is 101 cm³/mol. The van der Waals surface area contributed by atoms with E-state index >= 15 is 0 Å². The Kier molecular flexibility index (Phi) is 5.99. The molecule has 2 atom stereocenters. The van der Waals surface area contributed by atoms with Crippen molar-refractivity contribution in [2.24, 2.45) is 5.41 Å². The van der Waals surface area contributed by atoms with Gasteiger partial charge in [-0.2, -0.15) is 0 Å². The highest BCUT2D eigenvalue weighted by Crippen LogP contribution is 2.36. The molecule has 0 spiro atoms. The van der Waals surface area contributed by atoms with Gasteiger partial charge in [-0.3, -0.25) is 9.59 Å². The monoisotopic (exact) mass is 376 g/mol. The van der Waals surface area contributed by atoms with Crippen LogP contribution in [0.15, 0.2) is 36.9 Å². The molecule has 1 aliphatic carbocycles. The average Bonchev–Trinajstić information content (AvgIpc) is 2.99. The molecule has 1 heterocycles. The van der Waals surface area contributed by atoms with Gasteiger partial charge in [-0.1, -0.05) is 30.3 Å². The molecule has 0 bridgehead atoms. The summed E-state index contributed by atoms with van der Waals surface area (Å²) in [7, 11) is 0. The lowest BCUT2D eigenvalue weighted by Gasteiger charge is -2.34. The van der Waals surface area contributed by atoms with Crippen molar-refractivity contribution in [2.75, 3.05) is 19.1 Å². The number of alkyl halides is 1. The zero-order valence-electron chi connectivity index (χ0n) is 14.8.